The summed E-state index contributed by atoms with van der Waals surface area (Å²) in [5.41, 5.74) is 6.32. The molecule has 1 fully saturated rings. The fraction of sp³-hybridized carbons (Fsp3) is 0.267. The molecule has 1 saturated heterocycles. The van der Waals surface area contributed by atoms with Gasteiger partial charge in [0.25, 0.3) is 0 Å². The number of anilines is 2. The van der Waals surface area contributed by atoms with Gasteiger partial charge in [0.1, 0.15) is 17.7 Å². The molecule has 2 aromatic rings. The van der Waals surface area contributed by atoms with E-state index in [4.69, 9.17) is 22.1 Å². The van der Waals surface area contributed by atoms with Gasteiger partial charge in [-0.15, -0.1) is 0 Å². The third-order valence-corrected chi connectivity index (χ3v) is 3.66. The number of ether oxygens (including phenoxy) is 1. The number of nitrogens with zero attached hydrogens (tertiary/aromatic N) is 2. The molecule has 2 N–H and O–H groups in total. The molecule has 1 aliphatic heterocycles. The van der Waals surface area contributed by atoms with Crippen molar-refractivity contribution in [2.45, 2.75) is 12.5 Å². The van der Waals surface area contributed by atoms with E-state index in [-0.39, 0.29) is 6.10 Å². The Bertz CT molecular complexity index is 591. The highest BCUT2D eigenvalue weighted by atomic mass is 35.5. The van der Waals surface area contributed by atoms with E-state index in [9.17, 15) is 0 Å². The standard InChI is InChI=1S/C15H16ClN3O/c16-13-9-11(17)4-5-14(13)20-12-6-8-19(10-12)15-3-1-2-7-18-15/h1-5,7,9,12H,6,8,10,17H2. The molecule has 1 atom stereocenters. The SMILES string of the molecule is Nc1ccc(OC2CCN(c3ccccn3)C2)c(Cl)c1. The molecule has 0 spiro atoms. The van der Waals surface area contributed by atoms with Crippen molar-refractivity contribution >= 4 is 23.1 Å². The number of nitrogens with two attached hydrogens (primary N) is 1. The summed E-state index contributed by atoms with van der Waals surface area (Å²) in [4.78, 5) is 6.58. The normalized spacial score (nSPS) is 18.2. The van der Waals surface area contributed by atoms with Crippen molar-refractivity contribution in [3.63, 3.8) is 0 Å². The molecule has 104 valence electrons. The van der Waals surface area contributed by atoms with Crippen molar-refractivity contribution in [2.75, 3.05) is 23.7 Å². The Morgan fingerprint density at radius 3 is 2.95 bits per heavy atom. The van der Waals surface area contributed by atoms with Gasteiger partial charge in [-0.3, -0.25) is 0 Å². The molecule has 1 aromatic heterocycles. The number of nitrogen functional groups attached to an aromatic ring is 1. The van der Waals surface area contributed by atoms with Crippen LogP contribution < -0.4 is 15.4 Å². The summed E-state index contributed by atoms with van der Waals surface area (Å²) in [6, 6.07) is 11.3. The number of halogens is 1. The predicted molar refractivity (Wildman–Crippen MR) is 81.3 cm³/mol. The Hall–Kier alpha value is -1.94. The van der Waals surface area contributed by atoms with Gasteiger partial charge in [-0.1, -0.05) is 17.7 Å². The molecule has 4 nitrogen and oxygen atoms in total. The molecule has 0 radical (unpaired) electrons. The number of pyridine rings is 1. The molecule has 0 bridgehead atoms. The Morgan fingerprint density at radius 2 is 2.20 bits per heavy atom. The molecule has 1 unspecified atom stereocenters. The Balaban J connectivity index is 1.66. The van der Waals surface area contributed by atoms with Gasteiger partial charge < -0.3 is 15.4 Å². The lowest BCUT2D eigenvalue weighted by Crippen LogP contribution is -2.25. The first kappa shape index (κ1) is 13.1. The van der Waals surface area contributed by atoms with E-state index in [1.165, 1.54) is 0 Å². The lowest BCUT2D eigenvalue weighted by Gasteiger charge is -2.18. The van der Waals surface area contributed by atoms with Crippen molar-refractivity contribution in [2.24, 2.45) is 0 Å². The van der Waals surface area contributed by atoms with E-state index >= 15 is 0 Å². The predicted octanol–water partition coefficient (Wildman–Crippen LogP) is 2.97. The summed E-state index contributed by atoms with van der Waals surface area (Å²) in [7, 11) is 0. The summed E-state index contributed by atoms with van der Waals surface area (Å²) >= 11 is 6.13. The fourth-order valence-electron chi connectivity index (χ4n) is 2.37. The van der Waals surface area contributed by atoms with Crippen LogP contribution in [-0.4, -0.2) is 24.2 Å². The lowest BCUT2D eigenvalue weighted by atomic mass is 10.3. The Kier molecular flexibility index (Phi) is 3.65. The minimum atomic E-state index is 0.123. The van der Waals surface area contributed by atoms with Crippen LogP contribution in [0.4, 0.5) is 11.5 Å². The second-order valence-electron chi connectivity index (χ2n) is 4.85. The topological polar surface area (TPSA) is 51.4 Å². The summed E-state index contributed by atoms with van der Waals surface area (Å²) < 4.78 is 5.96. The molecule has 20 heavy (non-hydrogen) atoms. The first-order chi connectivity index (χ1) is 9.72. The molecule has 3 rings (SSSR count). The Morgan fingerprint density at radius 1 is 1.30 bits per heavy atom. The second-order valence-corrected chi connectivity index (χ2v) is 5.26. The third kappa shape index (κ3) is 2.80. The maximum atomic E-state index is 6.13. The van der Waals surface area contributed by atoms with Gasteiger partial charge in [-0.2, -0.15) is 0 Å². The molecule has 5 heteroatoms. The number of benzene rings is 1. The van der Waals surface area contributed by atoms with Crippen LogP contribution in [0.1, 0.15) is 6.42 Å². The van der Waals surface area contributed by atoms with Gasteiger partial charge in [0.05, 0.1) is 11.6 Å². The first-order valence-corrected chi connectivity index (χ1v) is 6.98. The van der Waals surface area contributed by atoms with Gasteiger partial charge in [0.15, 0.2) is 0 Å². The number of rotatable bonds is 3. The van der Waals surface area contributed by atoms with Crippen molar-refractivity contribution in [1.29, 1.82) is 0 Å². The fourth-order valence-corrected chi connectivity index (χ4v) is 2.60. The quantitative estimate of drug-likeness (QED) is 0.883. The van der Waals surface area contributed by atoms with Gasteiger partial charge in [0.2, 0.25) is 0 Å². The summed E-state index contributed by atoms with van der Waals surface area (Å²) in [5, 5.41) is 0.557. The average molecular weight is 290 g/mol. The van der Waals surface area contributed by atoms with Gasteiger partial charge in [-0.25, -0.2) is 4.98 Å². The minimum absolute atomic E-state index is 0.123. The van der Waals surface area contributed by atoms with Gasteiger partial charge in [0, 0.05) is 24.8 Å². The van der Waals surface area contributed by atoms with E-state index < -0.39 is 0 Å². The molecule has 2 heterocycles. The molecule has 0 amide bonds. The average Bonchev–Trinajstić information content (AvgIpc) is 2.92. The summed E-state index contributed by atoms with van der Waals surface area (Å²) in [5.74, 6) is 1.68. The van der Waals surface area contributed by atoms with E-state index in [1.54, 1.807) is 18.3 Å². The summed E-state index contributed by atoms with van der Waals surface area (Å²) in [6.07, 6.45) is 2.88. The maximum absolute atomic E-state index is 6.13. The number of aromatic nitrogens is 1. The van der Waals surface area contributed by atoms with Crippen LogP contribution in [-0.2, 0) is 0 Å². The highest BCUT2D eigenvalue weighted by Gasteiger charge is 2.25. The number of hydrogen-bond acceptors (Lipinski definition) is 4. The van der Waals surface area contributed by atoms with Crippen LogP contribution in [0.15, 0.2) is 42.6 Å². The van der Waals surface area contributed by atoms with E-state index in [2.05, 4.69) is 9.88 Å². The Labute approximate surface area is 123 Å². The van der Waals surface area contributed by atoms with Crippen molar-refractivity contribution in [3.05, 3.63) is 47.6 Å². The summed E-state index contributed by atoms with van der Waals surface area (Å²) in [6.45, 7) is 1.76. The van der Waals surface area contributed by atoms with Gasteiger partial charge in [-0.05, 0) is 30.3 Å². The highest BCUT2D eigenvalue weighted by Crippen LogP contribution is 2.29. The third-order valence-electron chi connectivity index (χ3n) is 3.37. The van der Waals surface area contributed by atoms with Crippen LogP contribution >= 0.6 is 11.6 Å². The minimum Gasteiger partial charge on any atom is -0.487 e. The lowest BCUT2D eigenvalue weighted by molar-refractivity contribution is 0.225. The molecular weight excluding hydrogens is 274 g/mol. The first-order valence-electron chi connectivity index (χ1n) is 6.60. The zero-order valence-electron chi connectivity index (χ0n) is 11.0. The smallest absolute Gasteiger partial charge is 0.138 e. The molecular formula is C15H16ClN3O. The monoisotopic (exact) mass is 289 g/mol. The van der Waals surface area contributed by atoms with Gasteiger partial charge >= 0.3 is 0 Å². The van der Waals surface area contributed by atoms with E-state index in [0.717, 1.165) is 25.3 Å². The second kappa shape index (κ2) is 5.59. The zero-order chi connectivity index (χ0) is 13.9. The number of hydrogen-bond donors (Lipinski definition) is 1. The maximum Gasteiger partial charge on any atom is 0.138 e. The largest absolute Gasteiger partial charge is 0.487 e. The molecule has 1 aliphatic rings. The van der Waals surface area contributed by atoms with Crippen molar-refractivity contribution < 1.29 is 4.74 Å². The molecule has 0 saturated carbocycles. The van der Waals surface area contributed by atoms with E-state index in [1.807, 2.05) is 24.3 Å². The van der Waals surface area contributed by atoms with Crippen molar-refractivity contribution in [3.8, 4) is 5.75 Å². The van der Waals surface area contributed by atoms with Crippen LogP contribution in [0.2, 0.25) is 5.02 Å². The highest BCUT2D eigenvalue weighted by molar-refractivity contribution is 6.32. The van der Waals surface area contributed by atoms with Crippen LogP contribution in [0.25, 0.3) is 0 Å². The molecule has 0 aliphatic carbocycles. The molecule has 1 aromatic carbocycles. The van der Waals surface area contributed by atoms with Crippen molar-refractivity contribution in [1.82, 2.24) is 4.98 Å². The zero-order valence-corrected chi connectivity index (χ0v) is 11.8. The van der Waals surface area contributed by atoms with E-state index in [0.29, 0.717) is 16.5 Å². The van der Waals surface area contributed by atoms with Crippen LogP contribution in [0.3, 0.4) is 0 Å². The van der Waals surface area contributed by atoms with Crippen LogP contribution in [0, 0.1) is 0 Å². The van der Waals surface area contributed by atoms with Crippen LogP contribution in [0.5, 0.6) is 5.75 Å².